The molecule has 0 saturated carbocycles. The van der Waals surface area contributed by atoms with E-state index in [2.05, 4.69) is 4.74 Å². The lowest BCUT2D eigenvalue weighted by Crippen LogP contribution is -2.42. The van der Waals surface area contributed by atoms with Crippen LogP contribution in [0.25, 0.3) is 0 Å². The third kappa shape index (κ3) is 5.66. The van der Waals surface area contributed by atoms with Crippen LogP contribution in [0.2, 0.25) is 0 Å². The molecule has 0 fully saturated rings. The summed E-state index contributed by atoms with van der Waals surface area (Å²) >= 11 is 0. The van der Waals surface area contributed by atoms with Crippen LogP contribution in [0, 0.1) is 11.8 Å². The van der Waals surface area contributed by atoms with Crippen molar-refractivity contribution >= 4 is 17.7 Å². The third-order valence-corrected chi connectivity index (χ3v) is 2.77. The van der Waals surface area contributed by atoms with Crippen LogP contribution in [0.4, 0.5) is 0 Å². The molecule has 0 saturated heterocycles. The first-order valence-corrected chi connectivity index (χ1v) is 6.40. The molecular weight excluding hydrogens is 268 g/mol. The number of ether oxygens (including phenoxy) is 1. The van der Waals surface area contributed by atoms with Crippen LogP contribution in [0.1, 0.15) is 34.1 Å². The van der Waals surface area contributed by atoms with Crippen LogP contribution in [0.15, 0.2) is 0 Å². The van der Waals surface area contributed by atoms with Crippen molar-refractivity contribution in [3.8, 4) is 0 Å². The third-order valence-electron chi connectivity index (χ3n) is 2.77. The van der Waals surface area contributed by atoms with Crippen LogP contribution in [-0.4, -0.2) is 51.4 Å². The van der Waals surface area contributed by atoms with Crippen molar-refractivity contribution in [3.63, 3.8) is 0 Å². The number of aliphatic hydroxyl groups is 2. The first-order chi connectivity index (χ1) is 9.07. The molecule has 3 atom stereocenters. The van der Waals surface area contributed by atoms with E-state index in [1.54, 1.807) is 27.7 Å². The van der Waals surface area contributed by atoms with Gasteiger partial charge in [0.25, 0.3) is 0 Å². The minimum Gasteiger partial charge on any atom is -0.481 e. The van der Waals surface area contributed by atoms with Gasteiger partial charge in [-0.15, -0.1) is 0 Å². The van der Waals surface area contributed by atoms with Crippen LogP contribution < -0.4 is 0 Å². The summed E-state index contributed by atoms with van der Waals surface area (Å²) < 4.78 is 4.67. The highest BCUT2D eigenvalue weighted by Crippen LogP contribution is 2.17. The van der Waals surface area contributed by atoms with Crippen molar-refractivity contribution < 1.29 is 34.4 Å². The zero-order valence-corrected chi connectivity index (χ0v) is 12.1. The summed E-state index contributed by atoms with van der Waals surface area (Å²) in [5.74, 6) is -4.48. The molecule has 0 rings (SSSR count). The Morgan fingerprint density at radius 1 is 1.00 bits per heavy atom. The summed E-state index contributed by atoms with van der Waals surface area (Å²) in [4.78, 5) is 34.0. The molecule has 20 heavy (non-hydrogen) atoms. The van der Waals surface area contributed by atoms with E-state index >= 15 is 0 Å². The van der Waals surface area contributed by atoms with Gasteiger partial charge in [-0.3, -0.25) is 9.59 Å². The summed E-state index contributed by atoms with van der Waals surface area (Å²) in [5, 5.41) is 28.0. The number of carboxylic acid groups (broad SMARTS) is 1. The number of hydrogen-bond acceptors (Lipinski definition) is 6. The van der Waals surface area contributed by atoms with E-state index in [4.69, 9.17) is 5.11 Å². The Hall–Kier alpha value is -1.47. The number of aliphatic hydroxyl groups excluding tert-OH is 2. The monoisotopic (exact) mass is 290 g/mol. The molecule has 0 heterocycles. The molecule has 3 N–H and O–H groups in total. The average Bonchev–Trinajstić information content (AvgIpc) is 2.31. The maximum absolute atomic E-state index is 11.7. The van der Waals surface area contributed by atoms with Gasteiger partial charge < -0.3 is 20.1 Å². The lowest BCUT2D eigenvalue weighted by molar-refractivity contribution is -0.167. The summed E-state index contributed by atoms with van der Waals surface area (Å²) in [6.07, 6.45) is -4.95. The number of aliphatic carboxylic acids is 1. The lowest BCUT2D eigenvalue weighted by Gasteiger charge is -2.20. The Labute approximate surface area is 117 Å². The lowest BCUT2D eigenvalue weighted by atomic mass is 9.89. The zero-order chi connectivity index (χ0) is 16.0. The number of carbonyl (C=O) groups excluding carboxylic acids is 2. The Morgan fingerprint density at radius 2 is 1.50 bits per heavy atom. The molecular formula is C13H22O7. The van der Waals surface area contributed by atoms with Gasteiger partial charge >= 0.3 is 11.9 Å². The van der Waals surface area contributed by atoms with Crippen molar-refractivity contribution in [1.82, 2.24) is 0 Å². The highest BCUT2D eigenvalue weighted by Gasteiger charge is 2.35. The van der Waals surface area contributed by atoms with Gasteiger partial charge in [0.1, 0.15) is 6.10 Å². The van der Waals surface area contributed by atoms with Crippen LogP contribution in [0.5, 0.6) is 0 Å². The molecule has 0 aromatic rings. The van der Waals surface area contributed by atoms with Gasteiger partial charge in [0, 0.05) is 6.42 Å². The predicted octanol–water partition coefficient (Wildman–Crippen LogP) is -0.0242. The molecule has 3 unspecified atom stereocenters. The fraction of sp³-hybridized carbons (Fsp3) is 0.769. The predicted molar refractivity (Wildman–Crippen MR) is 68.8 cm³/mol. The Bertz CT molecular complexity index is 362. The fourth-order valence-electron chi connectivity index (χ4n) is 1.55. The zero-order valence-electron chi connectivity index (χ0n) is 12.1. The number of esters is 1. The van der Waals surface area contributed by atoms with Gasteiger partial charge in [-0.25, -0.2) is 4.79 Å². The number of ketones is 1. The maximum atomic E-state index is 11.7. The minimum atomic E-state index is -2.01. The molecule has 0 aliphatic carbocycles. The summed E-state index contributed by atoms with van der Waals surface area (Å²) in [7, 11) is 0. The minimum absolute atomic E-state index is 0.316. The molecule has 0 radical (unpaired) electrons. The number of carboxylic acids is 1. The normalized spacial score (nSPS) is 15.8. The van der Waals surface area contributed by atoms with Crippen molar-refractivity contribution in [2.75, 3.05) is 0 Å². The molecule has 116 valence electrons. The average molecular weight is 290 g/mol. The molecule has 0 spiro atoms. The van der Waals surface area contributed by atoms with Crippen LogP contribution >= 0.6 is 0 Å². The molecule has 0 bridgehead atoms. The molecule has 0 aromatic carbocycles. The van der Waals surface area contributed by atoms with Crippen molar-refractivity contribution in [1.29, 1.82) is 0 Å². The fourth-order valence-corrected chi connectivity index (χ4v) is 1.55. The molecule has 0 amide bonds. The van der Waals surface area contributed by atoms with E-state index in [-0.39, 0.29) is 5.92 Å². The first kappa shape index (κ1) is 18.5. The number of hydrogen-bond donors (Lipinski definition) is 3. The second-order valence-corrected chi connectivity index (χ2v) is 5.23. The molecule has 7 nitrogen and oxygen atoms in total. The molecule has 0 aliphatic heterocycles. The first-order valence-electron chi connectivity index (χ1n) is 6.40. The van der Waals surface area contributed by atoms with Crippen LogP contribution in [0.3, 0.4) is 0 Å². The van der Waals surface area contributed by atoms with E-state index in [1.165, 1.54) is 0 Å². The van der Waals surface area contributed by atoms with Crippen molar-refractivity contribution in [2.45, 2.75) is 52.4 Å². The van der Waals surface area contributed by atoms with E-state index in [0.717, 1.165) is 0 Å². The van der Waals surface area contributed by atoms with E-state index in [0.29, 0.717) is 0 Å². The number of rotatable bonds is 8. The van der Waals surface area contributed by atoms with Crippen molar-refractivity contribution in [2.24, 2.45) is 11.8 Å². The van der Waals surface area contributed by atoms with Crippen LogP contribution in [-0.2, 0) is 19.1 Å². The van der Waals surface area contributed by atoms with Gasteiger partial charge in [-0.05, 0) is 19.8 Å². The summed E-state index contributed by atoms with van der Waals surface area (Å²) in [6, 6.07) is 0. The van der Waals surface area contributed by atoms with E-state index < -0.39 is 48.4 Å². The Morgan fingerprint density at radius 3 is 1.85 bits per heavy atom. The van der Waals surface area contributed by atoms with Gasteiger partial charge in [0.2, 0.25) is 0 Å². The van der Waals surface area contributed by atoms with Gasteiger partial charge in [0.15, 0.2) is 11.9 Å². The Kier molecular flexibility index (Phi) is 7.38. The molecule has 0 aromatic heterocycles. The van der Waals surface area contributed by atoms with Gasteiger partial charge in [-0.1, -0.05) is 13.8 Å². The van der Waals surface area contributed by atoms with Crippen molar-refractivity contribution in [3.05, 3.63) is 0 Å². The maximum Gasteiger partial charge on any atom is 0.338 e. The van der Waals surface area contributed by atoms with E-state index in [9.17, 15) is 24.6 Å². The Balaban J connectivity index is 4.68. The van der Waals surface area contributed by atoms with Gasteiger partial charge in [-0.2, -0.15) is 0 Å². The quantitative estimate of drug-likeness (QED) is 0.537. The second kappa shape index (κ2) is 7.96. The highest BCUT2D eigenvalue weighted by atomic mass is 16.6. The topological polar surface area (TPSA) is 121 Å². The summed E-state index contributed by atoms with van der Waals surface area (Å²) in [5.41, 5.74) is 0. The standard InChI is InChI=1S/C13H22O7/c1-6(2)8(12(17)18)5-9(14)10(15)11(16)13(19)20-7(3)4/h6-8,10-11,15-16H,5H2,1-4H3,(H,17,18). The SMILES string of the molecule is CC(C)OC(=O)C(O)C(O)C(=O)CC(C(=O)O)C(C)C. The smallest absolute Gasteiger partial charge is 0.338 e. The van der Waals surface area contributed by atoms with Gasteiger partial charge in [0.05, 0.1) is 12.0 Å². The molecule has 7 heteroatoms. The highest BCUT2D eigenvalue weighted by molar-refractivity contribution is 5.91. The molecule has 0 aliphatic rings. The summed E-state index contributed by atoms with van der Waals surface area (Å²) in [6.45, 7) is 6.36. The largest absolute Gasteiger partial charge is 0.481 e. The van der Waals surface area contributed by atoms with E-state index in [1.807, 2.05) is 0 Å². The number of carbonyl (C=O) groups is 3. The second-order valence-electron chi connectivity index (χ2n) is 5.23. The number of Topliss-reactive ketones (excluding diaryl/α,β-unsaturated/α-hetero) is 1.